The molecule has 0 bridgehead atoms. The summed E-state index contributed by atoms with van der Waals surface area (Å²) in [4.78, 5) is 11.8. The molecule has 2 nitrogen and oxygen atoms in total. The van der Waals surface area contributed by atoms with Crippen molar-refractivity contribution in [1.29, 1.82) is 0 Å². The van der Waals surface area contributed by atoms with E-state index in [-0.39, 0.29) is 11.7 Å². The van der Waals surface area contributed by atoms with Crippen molar-refractivity contribution in [1.82, 2.24) is 0 Å². The summed E-state index contributed by atoms with van der Waals surface area (Å²) in [5, 5.41) is 0. The summed E-state index contributed by atoms with van der Waals surface area (Å²) in [5.74, 6) is 0.544. The maximum Gasteiger partial charge on any atom is 0.167 e. The molecule has 1 fully saturated rings. The van der Waals surface area contributed by atoms with Gasteiger partial charge in [-0.25, -0.2) is 0 Å². The highest BCUT2D eigenvalue weighted by atomic mass is 16.5. The number of methoxy groups -OCH3 is 1. The van der Waals surface area contributed by atoms with Crippen molar-refractivity contribution in [3.8, 4) is 0 Å². The molecule has 12 heavy (non-hydrogen) atoms. The van der Waals surface area contributed by atoms with Crippen molar-refractivity contribution >= 4 is 5.78 Å². The zero-order valence-corrected chi connectivity index (χ0v) is 8.22. The molecule has 0 aromatic rings. The first kappa shape index (κ1) is 9.72. The van der Waals surface area contributed by atoms with Crippen molar-refractivity contribution < 1.29 is 9.53 Å². The number of ether oxygens (including phenoxy) is 1. The number of carbonyl (C=O) groups is 1. The van der Waals surface area contributed by atoms with E-state index in [4.69, 9.17) is 4.74 Å². The van der Waals surface area contributed by atoms with Gasteiger partial charge in [0.15, 0.2) is 5.78 Å². The van der Waals surface area contributed by atoms with Crippen molar-refractivity contribution in [2.45, 2.75) is 45.1 Å². The summed E-state index contributed by atoms with van der Waals surface area (Å²) >= 11 is 0. The topological polar surface area (TPSA) is 26.3 Å². The van der Waals surface area contributed by atoms with Gasteiger partial charge in [0.2, 0.25) is 0 Å². The molecular weight excluding hydrogens is 152 g/mol. The van der Waals surface area contributed by atoms with Crippen molar-refractivity contribution in [2.24, 2.45) is 5.92 Å². The molecule has 1 aliphatic rings. The van der Waals surface area contributed by atoms with Crippen LogP contribution in [0.4, 0.5) is 0 Å². The predicted octanol–water partition coefficient (Wildman–Crippen LogP) is 2.17. The number of hydrogen-bond acceptors (Lipinski definition) is 2. The Labute approximate surface area is 74.3 Å². The molecule has 2 heteroatoms. The number of hydrogen-bond donors (Lipinski definition) is 0. The Bertz CT molecular complexity index is 167. The minimum absolute atomic E-state index is 0.264. The average Bonchev–Trinajstić information content (AvgIpc) is 2.55. The Morgan fingerprint density at radius 1 is 1.33 bits per heavy atom. The lowest BCUT2D eigenvalue weighted by Crippen LogP contribution is -2.37. The molecule has 0 amide bonds. The van der Waals surface area contributed by atoms with Crippen LogP contribution in [0.3, 0.4) is 0 Å². The van der Waals surface area contributed by atoms with Gasteiger partial charge < -0.3 is 4.74 Å². The van der Waals surface area contributed by atoms with Crippen molar-refractivity contribution in [3.05, 3.63) is 0 Å². The zero-order valence-electron chi connectivity index (χ0n) is 8.22. The van der Waals surface area contributed by atoms with Crippen LogP contribution in [-0.2, 0) is 9.53 Å². The van der Waals surface area contributed by atoms with Crippen molar-refractivity contribution in [2.75, 3.05) is 7.11 Å². The molecule has 1 saturated carbocycles. The molecular formula is C10H18O2. The van der Waals surface area contributed by atoms with Gasteiger partial charge >= 0.3 is 0 Å². The first-order valence-corrected chi connectivity index (χ1v) is 4.67. The summed E-state index contributed by atoms with van der Waals surface area (Å²) in [6.45, 7) is 3.71. The maximum absolute atomic E-state index is 11.8. The molecule has 0 atom stereocenters. The third-order valence-electron chi connectivity index (χ3n) is 2.83. The lowest BCUT2D eigenvalue weighted by Gasteiger charge is -2.24. The monoisotopic (exact) mass is 170 g/mol. The average molecular weight is 170 g/mol. The third-order valence-corrected chi connectivity index (χ3v) is 2.83. The van der Waals surface area contributed by atoms with E-state index in [1.54, 1.807) is 7.11 Å². The fraction of sp³-hybridized carbons (Fsp3) is 0.900. The minimum Gasteiger partial charge on any atom is -0.371 e. The van der Waals surface area contributed by atoms with Gasteiger partial charge in [0.1, 0.15) is 5.60 Å². The Morgan fingerprint density at radius 2 is 1.83 bits per heavy atom. The lowest BCUT2D eigenvalue weighted by molar-refractivity contribution is -0.141. The third kappa shape index (κ3) is 1.86. The highest BCUT2D eigenvalue weighted by molar-refractivity contribution is 5.88. The molecule has 0 aliphatic heterocycles. The Hall–Kier alpha value is -0.370. The quantitative estimate of drug-likeness (QED) is 0.649. The van der Waals surface area contributed by atoms with E-state index in [0.29, 0.717) is 0 Å². The molecule has 0 heterocycles. The van der Waals surface area contributed by atoms with Gasteiger partial charge in [-0.2, -0.15) is 0 Å². The molecule has 0 aromatic carbocycles. The standard InChI is InChI=1S/C10H18O2/c1-10(2,12-3)9(11)8-6-4-5-7-8/h8H,4-7H2,1-3H3. The van der Waals surface area contributed by atoms with Gasteiger partial charge in [-0.15, -0.1) is 0 Å². The van der Waals surface area contributed by atoms with Crippen LogP contribution in [0.5, 0.6) is 0 Å². The SMILES string of the molecule is COC(C)(C)C(=O)C1CCCC1. The summed E-state index contributed by atoms with van der Waals surface area (Å²) in [7, 11) is 1.60. The van der Waals surface area contributed by atoms with E-state index in [2.05, 4.69) is 0 Å². The number of ketones is 1. The summed E-state index contributed by atoms with van der Waals surface area (Å²) in [5.41, 5.74) is -0.574. The number of carbonyl (C=O) groups excluding carboxylic acids is 1. The van der Waals surface area contributed by atoms with Crippen LogP contribution in [0.15, 0.2) is 0 Å². The maximum atomic E-state index is 11.8. The molecule has 1 rings (SSSR count). The van der Waals surface area contributed by atoms with Gasteiger partial charge in [0, 0.05) is 13.0 Å². The van der Waals surface area contributed by atoms with Gasteiger partial charge in [0.05, 0.1) is 0 Å². The van der Waals surface area contributed by atoms with Crippen LogP contribution in [0.2, 0.25) is 0 Å². The van der Waals surface area contributed by atoms with Crippen LogP contribution >= 0.6 is 0 Å². The van der Waals surface area contributed by atoms with E-state index < -0.39 is 5.60 Å². The molecule has 0 spiro atoms. The summed E-state index contributed by atoms with van der Waals surface area (Å²) < 4.78 is 5.16. The first-order chi connectivity index (χ1) is 5.58. The molecule has 0 radical (unpaired) electrons. The van der Waals surface area contributed by atoms with Crippen LogP contribution < -0.4 is 0 Å². The second-order valence-electron chi connectivity index (χ2n) is 4.06. The highest BCUT2D eigenvalue weighted by Crippen LogP contribution is 2.29. The van der Waals surface area contributed by atoms with Gasteiger partial charge in [-0.1, -0.05) is 12.8 Å². The molecule has 70 valence electrons. The minimum atomic E-state index is -0.574. The fourth-order valence-electron chi connectivity index (χ4n) is 1.78. The van der Waals surface area contributed by atoms with E-state index in [1.807, 2.05) is 13.8 Å². The molecule has 0 N–H and O–H groups in total. The zero-order chi connectivity index (χ0) is 9.19. The van der Waals surface area contributed by atoms with Gasteiger partial charge in [-0.3, -0.25) is 4.79 Å². The fourth-order valence-corrected chi connectivity index (χ4v) is 1.78. The predicted molar refractivity (Wildman–Crippen MR) is 48.1 cm³/mol. The molecule has 0 aromatic heterocycles. The Kier molecular flexibility index (Phi) is 2.89. The smallest absolute Gasteiger partial charge is 0.167 e. The van der Waals surface area contributed by atoms with E-state index >= 15 is 0 Å². The second kappa shape index (κ2) is 3.56. The van der Waals surface area contributed by atoms with Crippen LogP contribution in [0.25, 0.3) is 0 Å². The Balaban J connectivity index is 2.56. The van der Waals surface area contributed by atoms with Gasteiger partial charge in [-0.05, 0) is 26.7 Å². The van der Waals surface area contributed by atoms with E-state index in [0.717, 1.165) is 12.8 Å². The van der Waals surface area contributed by atoms with Crippen molar-refractivity contribution in [3.63, 3.8) is 0 Å². The molecule has 0 unspecified atom stereocenters. The van der Waals surface area contributed by atoms with Crippen LogP contribution in [0.1, 0.15) is 39.5 Å². The largest absolute Gasteiger partial charge is 0.371 e. The van der Waals surface area contributed by atoms with E-state index in [1.165, 1.54) is 12.8 Å². The molecule has 1 aliphatic carbocycles. The van der Waals surface area contributed by atoms with Crippen LogP contribution in [0, 0.1) is 5.92 Å². The number of Topliss-reactive ketones (excluding diaryl/α,β-unsaturated/α-hetero) is 1. The molecule has 0 saturated heterocycles. The summed E-state index contributed by atoms with van der Waals surface area (Å²) in [6.07, 6.45) is 4.53. The highest BCUT2D eigenvalue weighted by Gasteiger charge is 2.34. The van der Waals surface area contributed by atoms with Gasteiger partial charge in [0.25, 0.3) is 0 Å². The Morgan fingerprint density at radius 3 is 2.25 bits per heavy atom. The number of rotatable bonds is 3. The van der Waals surface area contributed by atoms with E-state index in [9.17, 15) is 4.79 Å². The van der Waals surface area contributed by atoms with Crippen LogP contribution in [-0.4, -0.2) is 18.5 Å². The lowest BCUT2D eigenvalue weighted by atomic mass is 9.90. The second-order valence-corrected chi connectivity index (χ2v) is 4.06. The normalized spacial score (nSPS) is 19.9. The summed E-state index contributed by atoms with van der Waals surface area (Å²) in [6, 6.07) is 0. The first-order valence-electron chi connectivity index (χ1n) is 4.67.